The SMILES string of the molecule is CCCNC(C)c1cccc(F)c1OCCC(F)(F)F. The molecule has 1 aromatic carbocycles. The van der Waals surface area contributed by atoms with Crippen molar-refractivity contribution in [2.75, 3.05) is 13.2 Å². The van der Waals surface area contributed by atoms with Crippen LogP contribution in [0.25, 0.3) is 0 Å². The van der Waals surface area contributed by atoms with Gasteiger partial charge in [0.05, 0.1) is 13.0 Å². The van der Waals surface area contributed by atoms with Crippen LogP contribution < -0.4 is 10.1 Å². The Morgan fingerprint density at radius 3 is 2.60 bits per heavy atom. The van der Waals surface area contributed by atoms with Gasteiger partial charge in [-0.1, -0.05) is 19.1 Å². The molecule has 0 bridgehead atoms. The topological polar surface area (TPSA) is 21.3 Å². The van der Waals surface area contributed by atoms with Crippen LogP contribution in [0.15, 0.2) is 18.2 Å². The molecule has 0 aromatic heterocycles. The van der Waals surface area contributed by atoms with Crippen LogP contribution in [-0.2, 0) is 0 Å². The van der Waals surface area contributed by atoms with Crippen LogP contribution >= 0.6 is 0 Å². The Morgan fingerprint density at radius 1 is 1.30 bits per heavy atom. The van der Waals surface area contributed by atoms with Gasteiger partial charge in [0.25, 0.3) is 0 Å². The van der Waals surface area contributed by atoms with Gasteiger partial charge in [0, 0.05) is 11.6 Å². The van der Waals surface area contributed by atoms with E-state index in [0.717, 1.165) is 13.0 Å². The molecular formula is C14H19F4NO. The lowest BCUT2D eigenvalue weighted by Gasteiger charge is -2.19. The van der Waals surface area contributed by atoms with E-state index in [1.807, 2.05) is 13.8 Å². The Kier molecular flexibility index (Phi) is 6.26. The molecular weight excluding hydrogens is 274 g/mol. The maximum atomic E-state index is 13.7. The molecule has 20 heavy (non-hydrogen) atoms. The van der Waals surface area contributed by atoms with Gasteiger partial charge < -0.3 is 10.1 Å². The van der Waals surface area contributed by atoms with Crippen molar-refractivity contribution < 1.29 is 22.3 Å². The Balaban J connectivity index is 2.77. The monoisotopic (exact) mass is 293 g/mol. The average Bonchev–Trinajstić information content (AvgIpc) is 2.36. The first-order valence-electron chi connectivity index (χ1n) is 6.56. The van der Waals surface area contributed by atoms with Crippen molar-refractivity contribution in [3.8, 4) is 5.75 Å². The number of benzene rings is 1. The van der Waals surface area contributed by atoms with Crippen molar-refractivity contribution >= 4 is 0 Å². The molecule has 0 spiro atoms. The molecule has 0 amide bonds. The third-order valence-electron chi connectivity index (χ3n) is 2.80. The standard InChI is InChI=1S/C14H19F4NO/c1-3-8-19-10(2)11-5-4-6-12(15)13(11)20-9-7-14(16,17)18/h4-6,10,19H,3,7-9H2,1-2H3. The Hall–Kier alpha value is -1.30. The highest BCUT2D eigenvalue weighted by molar-refractivity contribution is 5.37. The summed E-state index contributed by atoms with van der Waals surface area (Å²) >= 11 is 0. The number of rotatable bonds is 7. The van der Waals surface area contributed by atoms with E-state index >= 15 is 0 Å². The number of hydrogen-bond acceptors (Lipinski definition) is 2. The summed E-state index contributed by atoms with van der Waals surface area (Å²) in [5.41, 5.74) is 0.528. The zero-order chi connectivity index (χ0) is 15.2. The van der Waals surface area contributed by atoms with Crippen LogP contribution in [0.2, 0.25) is 0 Å². The lowest BCUT2D eigenvalue weighted by Crippen LogP contribution is -2.21. The summed E-state index contributed by atoms with van der Waals surface area (Å²) in [4.78, 5) is 0. The highest BCUT2D eigenvalue weighted by Crippen LogP contribution is 2.29. The zero-order valence-electron chi connectivity index (χ0n) is 11.6. The number of hydrogen-bond donors (Lipinski definition) is 1. The molecule has 0 radical (unpaired) electrons. The van der Waals surface area contributed by atoms with E-state index in [1.54, 1.807) is 6.07 Å². The van der Waals surface area contributed by atoms with Gasteiger partial charge in [-0.25, -0.2) is 4.39 Å². The summed E-state index contributed by atoms with van der Waals surface area (Å²) < 4.78 is 55.0. The largest absolute Gasteiger partial charge is 0.490 e. The van der Waals surface area contributed by atoms with Gasteiger partial charge in [-0.2, -0.15) is 13.2 Å². The molecule has 0 aliphatic rings. The van der Waals surface area contributed by atoms with Crippen LogP contribution in [0, 0.1) is 5.82 Å². The Bertz CT molecular complexity index is 420. The van der Waals surface area contributed by atoms with Crippen LogP contribution in [0.1, 0.15) is 38.3 Å². The van der Waals surface area contributed by atoms with Gasteiger partial charge in [-0.05, 0) is 26.0 Å². The van der Waals surface area contributed by atoms with Crippen molar-refractivity contribution in [1.82, 2.24) is 5.32 Å². The first-order valence-corrected chi connectivity index (χ1v) is 6.56. The second kappa shape index (κ2) is 7.47. The number of nitrogens with one attached hydrogen (secondary N) is 1. The lowest BCUT2D eigenvalue weighted by atomic mass is 10.1. The van der Waals surface area contributed by atoms with Crippen molar-refractivity contribution in [1.29, 1.82) is 0 Å². The minimum Gasteiger partial charge on any atom is -0.490 e. The summed E-state index contributed by atoms with van der Waals surface area (Å²) in [6.07, 6.45) is -4.50. The first-order chi connectivity index (χ1) is 9.35. The molecule has 1 atom stereocenters. The van der Waals surface area contributed by atoms with Crippen LogP contribution in [0.3, 0.4) is 0 Å². The molecule has 0 heterocycles. The summed E-state index contributed by atoms with van der Waals surface area (Å²) in [7, 11) is 0. The van der Waals surface area contributed by atoms with E-state index in [0.29, 0.717) is 5.56 Å². The number of para-hydroxylation sites is 1. The molecule has 0 fully saturated rings. The third kappa shape index (κ3) is 5.36. The second-order valence-corrected chi connectivity index (χ2v) is 4.55. The van der Waals surface area contributed by atoms with E-state index in [-0.39, 0.29) is 11.8 Å². The Morgan fingerprint density at radius 2 is 2.00 bits per heavy atom. The van der Waals surface area contributed by atoms with E-state index < -0.39 is 25.0 Å². The molecule has 1 aromatic rings. The Labute approximate surface area is 116 Å². The smallest absolute Gasteiger partial charge is 0.392 e. The molecule has 0 aliphatic heterocycles. The fraction of sp³-hybridized carbons (Fsp3) is 0.571. The van der Waals surface area contributed by atoms with Crippen LogP contribution in [0.4, 0.5) is 17.6 Å². The van der Waals surface area contributed by atoms with Gasteiger partial charge in [-0.15, -0.1) is 0 Å². The van der Waals surface area contributed by atoms with Crippen molar-refractivity contribution in [3.05, 3.63) is 29.6 Å². The lowest BCUT2D eigenvalue weighted by molar-refractivity contribution is -0.139. The normalized spacial score (nSPS) is 13.3. The molecule has 1 unspecified atom stereocenters. The van der Waals surface area contributed by atoms with Gasteiger partial charge in [0.1, 0.15) is 0 Å². The van der Waals surface area contributed by atoms with E-state index in [2.05, 4.69) is 5.32 Å². The number of halogens is 4. The van der Waals surface area contributed by atoms with E-state index in [4.69, 9.17) is 4.74 Å². The second-order valence-electron chi connectivity index (χ2n) is 4.55. The zero-order valence-corrected chi connectivity index (χ0v) is 11.6. The molecule has 114 valence electrons. The quantitative estimate of drug-likeness (QED) is 0.760. The fourth-order valence-corrected chi connectivity index (χ4v) is 1.76. The first kappa shape index (κ1) is 16.8. The van der Waals surface area contributed by atoms with Crippen LogP contribution in [-0.4, -0.2) is 19.3 Å². The van der Waals surface area contributed by atoms with Crippen molar-refractivity contribution in [2.24, 2.45) is 0 Å². The molecule has 1 N–H and O–H groups in total. The van der Waals surface area contributed by atoms with Gasteiger partial charge in [0.15, 0.2) is 11.6 Å². The van der Waals surface area contributed by atoms with Gasteiger partial charge in [-0.3, -0.25) is 0 Å². The fourth-order valence-electron chi connectivity index (χ4n) is 1.76. The van der Waals surface area contributed by atoms with Crippen LogP contribution in [0.5, 0.6) is 5.75 Å². The summed E-state index contributed by atoms with van der Waals surface area (Å²) in [6, 6.07) is 4.16. The molecule has 0 aliphatic carbocycles. The number of alkyl halides is 3. The third-order valence-corrected chi connectivity index (χ3v) is 2.80. The van der Waals surface area contributed by atoms with Crippen molar-refractivity contribution in [3.63, 3.8) is 0 Å². The highest BCUT2D eigenvalue weighted by atomic mass is 19.4. The van der Waals surface area contributed by atoms with E-state index in [1.165, 1.54) is 12.1 Å². The molecule has 0 saturated carbocycles. The highest BCUT2D eigenvalue weighted by Gasteiger charge is 2.27. The summed E-state index contributed by atoms with van der Waals surface area (Å²) in [6.45, 7) is 3.96. The maximum Gasteiger partial charge on any atom is 0.392 e. The predicted molar refractivity (Wildman–Crippen MR) is 69.3 cm³/mol. The minimum absolute atomic E-state index is 0.104. The summed E-state index contributed by atoms with van der Waals surface area (Å²) in [5, 5.41) is 3.15. The summed E-state index contributed by atoms with van der Waals surface area (Å²) in [5.74, 6) is -0.748. The minimum atomic E-state index is -4.31. The molecule has 2 nitrogen and oxygen atoms in total. The predicted octanol–water partition coefficient (Wildman–Crippen LogP) is 4.22. The number of ether oxygens (including phenoxy) is 1. The molecule has 1 rings (SSSR count). The van der Waals surface area contributed by atoms with E-state index in [9.17, 15) is 17.6 Å². The average molecular weight is 293 g/mol. The van der Waals surface area contributed by atoms with Crippen molar-refractivity contribution in [2.45, 2.75) is 38.9 Å². The van der Waals surface area contributed by atoms with Gasteiger partial charge >= 0.3 is 6.18 Å². The van der Waals surface area contributed by atoms with Gasteiger partial charge in [0.2, 0.25) is 0 Å². The maximum absolute atomic E-state index is 13.7. The molecule has 6 heteroatoms. The molecule has 0 saturated heterocycles.